The Kier molecular flexibility index (Phi) is 5.52. The molecular formula is C11H15ClFNO3S. The number of methoxy groups -OCH3 is 1. The van der Waals surface area contributed by atoms with Gasteiger partial charge in [-0.3, -0.25) is 0 Å². The fourth-order valence-electron chi connectivity index (χ4n) is 1.34. The zero-order chi connectivity index (χ0) is 13.8. The molecule has 0 saturated carbocycles. The zero-order valence-electron chi connectivity index (χ0n) is 10.2. The van der Waals surface area contributed by atoms with E-state index in [-0.39, 0.29) is 23.9 Å². The molecule has 0 N–H and O–H groups in total. The van der Waals surface area contributed by atoms with E-state index in [1.807, 2.05) is 0 Å². The van der Waals surface area contributed by atoms with Gasteiger partial charge in [-0.2, -0.15) is 4.31 Å². The van der Waals surface area contributed by atoms with Crippen molar-refractivity contribution in [2.45, 2.75) is 10.8 Å². The van der Waals surface area contributed by atoms with Gasteiger partial charge in [0, 0.05) is 26.6 Å². The average molecular weight is 296 g/mol. The van der Waals surface area contributed by atoms with Crippen LogP contribution in [-0.2, 0) is 20.6 Å². The number of hydrogen-bond acceptors (Lipinski definition) is 3. The summed E-state index contributed by atoms with van der Waals surface area (Å²) in [7, 11) is -0.985. The SMILES string of the molecule is COCCN(C)S(=O)(=O)c1ccc(CCl)cc1F. The van der Waals surface area contributed by atoms with Crippen molar-refractivity contribution in [2.75, 3.05) is 27.3 Å². The largest absolute Gasteiger partial charge is 0.383 e. The highest BCUT2D eigenvalue weighted by Crippen LogP contribution is 2.20. The summed E-state index contributed by atoms with van der Waals surface area (Å²) in [5, 5.41) is 0. The van der Waals surface area contributed by atoms with Gasteiger partial charge in [0.05, 0.1) is 6.61 Å². The Morgan fingerprint density at radius 1 is 1.44 bits per heavy atom. The van der Waals surface area contributed by atoms with Crippen LogP contribution in [0.15, 0.2) is 23.1 Å². The Hall–Kier alpha value is -0.690. The van der Waals surface area contributed by atoms with Crippen molar-refractivity contribution in [3.8, 4) is 0 Å². The lowest BCUT2D eigenvalue weighted by atomic mass is 10.2. The Morgan fingerprint density at radius 2 is 2.11 bits per heavy atom. The highest BCUT2D eigenvalue weighted by molar-refractivity contribution is 7.89. The van der Waals surface area contributed by atoms with Crippen LogP contribution < -0.4 is 0 Å². The molecule has 0 fully saturated rings. The van der Waals surface area contributed by atoms with Gasteiger partial charge in [-0.1, -0.05) is 6.07 Å². The fraction of sp³-hybridized carbons (Fsp3) is 0.455. The molecule has 102 valence electrons. The molecule has 0 aliphatic carbocycles. The first kappa shape index (κ1) is 15.4. The van der Waals surface area contributed by atoms with Crippen molar-refractivity contribution in [1.29, 1.82) is 0 Å². The molecule has 1 aromatic rings. The lowest BCUT2D eigenvalue weighted by Crippen LogP contribution is -2.30. The summed E-state index contributed by atoms with van der Waals surface area (Å²) in [6.07, 6.45) is 0. The van der Waals surface area contributed by atoms with Crippen molar-refractivity contribution in [1.82, 2.24) is 4.31 Å². The molecule has 0 saturated heterocycles. The predicted octanol–water partition coefficient (Wildman–Crippen LogP) is 1.83. The van der Waals surface area contributed by atoms with E-state index < -0.39 is 15.8 Å². The smallest absolute Gasteiger partial charge is 0.245 e. The molecule has 4 nitrogen and oxygen atoms in total. The van der Waals surface area contributed by atoms with Gasteiger partial charge in [0.2, 0.25) is 10.0 Å². The van der Waals surface area contributed by atoms with Crippen molar-refractivity contribution in [3.63, 3.8) is 0 Å². The standard InChI is InChI=1S/C11H15ClFNO3S/c1-14(5-6-17-2)18(15,16)11-4-3-9(8-12)7-10(11)13/h3-4,7H,5-6,8H2,1-2H3. The molecular weight excluding hydrogens is 281 g/mol. The van der Waals surface area contributed by atoms with Gasteiger partial charge in [0.25, 0.3) is 0 Å². The van der Waals surface area contributed by atoms with Gasteiger partial charge < -0.3 is 4.74 Å². The molecule has 7 heteroatoms. The van der Waals surface area contributed by atoms with Gasteiger partial charge in [0.15, 0.2) is 0 Å². The molecule has 0 atom stereocenters. The highest BCUT2D eigenvalue weighted by atomic mass is 35.5. The predicted molar refractivity (Wildman–Crippen MR) is 67.6 cm³/mol. The van der Waals surface area contributed by atoms with Crippen molar-refractivity contribution >= 4 is 21.6 Å². The number of benzene rings is 1. The molecule has 0 aromatic heterocycles. The van der Waals surface area contributed by atoms with Crippen LogP contribution in [0, 0.1) is 5.82 Å². The van der Waals surface area contributed by atoms with E-state index in [1.165, 1.54) is 26.3 Å². The van der Waals surface area contributed by atoms with Crippen LogP contribution in [0.25, 0.3) is 0 Å². The first-order valence-corrected chi connectivity index (χ1v) is 7.20. The second-order valence-electron chi connectivity index (χ2n) is 3.72. The highest BCUT2D eigenvalue weighted by Gasteiger charge is 2.24. The average Bonchev–Trinajstić information content (AvgIpc) is 2.35. The fourth-order valence-corrected chi connectivity index (χ4v) is 2.71. The maximum Gasteiger partial charge on any atom is 0.245 e. The van der Waals surface area contributed by atoms with Gasteiger partial charge in [-0.15, -0.1) is 11.6 Å². The number of rotatable bonds is 6. The maximum atomic E-state index is 13.7. The van der Waals surface area contributed by atoms with Crippen LogP contribution in [0.3, 0.4) is 0 Å². The summed E-state index contributed by atoms with van der Waals surface area (Å²) in [5.74, 6) is -0.658. The molecule has 0 unspecified atom stereocenters. The van der Waals surface area contributed by atoms with Crippen molar-refractivity contribution in [3.05, 3.63) is 29.6 Å². The van der Waals surface area contributed by atoms with Crippen LogP contribution in [0.5, 0.6) is 0 Å². The minimum absolute atomic E-state index is 0.136. The van der Waals surface area contributed by atoms with E-state index in [9.17, 15) is 12.8 Å². The van der Waals surface area contributed by atoms with Gasteiger partial charge in [0.1, 0.15) is 10.7 Å². The lowest BCUT2D eigenvalue weighted by Gasteiger charge is -2.17. The first-order chi connectivity index (χ1) is 8.43. The first-order valence-electron chi connectivity index (χ1n) is 5.23. The summed E-state index contributed by atoms with van der Waals surface area (Å²) < 4.78 is 43.7. The molecule has 18 heavy (non-hydrogen) atoms. The summed E-state index contributed by atoms with van der Waals surface area (Å²) in [4.78, 5) is -0.352. The van der Waals surface area contributed by atoms with E-state index in [2.05, 4.69) is 0 Å². The van der Waals surface area contributed by atoms with Crippen LogP contribution in [-0.4, -0.2) is 40.0 Å². The van der Waals surface area contributed by atoms with Crippen LogP contribution >= 0.6 is 11.6 Å². The van der Waals surface area contributed by atoms with E-state index >= 15 is 0 Å². The maximum absolute atomic E-state index is 13.7. The number of alkyl halides is 1. The number of ether oxygens (including phenoxy) is 1. The van der Waals surface area contributed by atoms with Gasteiger partial charge in [-0.05, 0) is 17.7 Å². The van der Waals surface area contributed by atoms with E-state index in [1.54, 1.807) is 0 Å². The summed E-state index contributed by atoms with van der Waals surface area (Å²) in [5.41, 5.74) is 0.535. The van der Waals surface area contributed by atoms with Crippen molar-refractivity contribution < 1.29 is 17.5 Å². The zero-order valence-corrected chi connectivity index (χ0v) is 11.8. The second kappa shape index (κ2) is 6.47. The monoisotopic (exact) mass is 295 g/mol. The van der Waals surface area contributed by atoms with Crippen molar-refractivity contribution in [2.24, 2.45) is 0 Å². The normalized spacial score (nSPS) is 12.1. The molecule has 0 amide bonds. The minimum atomic E-state index is -3.83. The third-order valence-electron chi connectivity index (χ3n) is 2.45. The third kappa shape index (κ3) is 3.41. The summed E-state index contributed by atoms with van der Waals surface area (Å²) in [6, 6.07) is 3.85. The van der Waals surface area contributed by atoms with Gasteiger partial charge >= 0.3 is 0 Å². The summed E-state index contributed by atoms with van der Waals surface area (Å²) >= 11 is 5.55. The summed E-state index contributed by atoms with van der Waals surface area (Å²) in [6.45, 7) is 0.409. The van der Waals surface area contributed by atoms with Gasteiger partial charge in [-0.25, -0.2) is 12.8 Å². The Balaban J connectivity index is 3.05. The molecule has 0 bridgehead atoms. The topological polar surface area (TPSA) is 46.6 Å². The van der Waals surface area contributed by atoms with Crippen LogP contribution in [0.4, 0.5) is 4.39 Å². The Bertz CT molecular complexity index is 507. The number of likely N-dealkylation sites (N-methyl/N-ethyl adjacent to an activating group) is 1. The number of halogens is 2. The molecule has 0 heterocycles. The second-order valence-corrected chi connectivity index (χ2v) is 6.00. The quantitative estimate of drug-likeness (QED) is 0.752. The Morgan fingerprint density at radius 3 is 2.61 bits per heavy atom. The van der Waals surface area contributed by atoms with E-state index in [0.717, 1.165) is 10.4 Å². The minimum Gasteiger partial charge on any atom is -0.383 e. The lowest BCUT2D eigenvalue weighted by molar-refractivity contribution is 0.185. The molecule has 0 aliphatic heterocycles. The molecule has 1 rings (SSSR count). The molecule has 0 radical (unpaired) electrons. The molecule has 0 spiro atoms. The van der Waals surface area contributed by atoms with Crippen LogP contribution in [0.2, 0.25) is 0 Å². The number of hydrogen-bond donors (Lipinski definition) is 0. The number of nitrogens with zero attached hydrogens (tertiary/aromatic N) is 1. The molecule has 0 aliphatic rings. The van der Waals surface area contributed by atoms with E-state index in [4.69, 9.17) is 16.3 Å². The Labute approximate surface area is 111 Å². The van der Waals surface area contributed by atoms with Crippen LogP contribution in [0.1, 0.15) is 5.56 Å². The molecule has 1 aromatic carbocycles. The number of sulfonamides is 1. The van der Waals surface area contributed by atoms with E-state index in [0.29, 0.717) is 5.56 Å². The third-order valence-corrected chi connectivity index (χ3v) is 4.65.